The molecule has 3 amide bonds. The standard InChI is InChI=1S/C17H18N4O3/c22-16(20-15-3-1-2-8-18-15)13-4-6-14(7-5-13)19-17(23)21-9-11-24-12-10-21/h1-8H,9-12H2,(H,19,23)(H,18,20,22). The van der Waals surface area contributed by atoms with Gasteiger partial charge in [0.05, 0.1) is 13.2 Å². The van der Waals surface area contributed by atoms with Gasteiger partial charge in [-0.1, -0.05) is 6.07 Å². The number of carbonyl (C=O) groups is 2. The number of carbonyl (C=O) groups excluding carboxylic acids is 2. The zero-order chi connectivity index (χ0) is 16.8. The third-order valence-electron chi connectivity index (χ3n) is 3.60. The molecule has 1 saturated heterocycles. The number of rotatable bonds is 3. The Labute approximate surface area is 139 Å². The summed E-state index contributed by atoms with van der Waals surface area (Å²) in [5.74, 6) is 0.243. The van der Waals surface area contributed by atoms with Gasteiger partial charge in [-0.25, -0.2) is 9.78 Å². The minimum Gasteiger partial charge on any atom is -0.378 e. The molecular formula is C17H18N4O3. The minimum absolute atomic E-state index is 0.163. The Bertz CT molecular complexity index is 698. The van der Waals surface area contributed by atoms with Gasteiger partial charge in [0.2, 0.25) is 0 Å². The van der Waals surface area contributed by atoms with Crippen molar-refractivity contribution in [2.75, 3.05) is 36.9 Å². The van der Waals surface area contributed by atoms with Gasteiger partial charge in [-0.3, -0.25) is 4.79 Å². The lowest BCUT2D eigenvalue weighted by atomic mass is 10.2. The van der Waals surface area contributed by atoms with Crippen LogP contribution >= 0.6 is 0 Å². The second-order valence-electron chi connectivity index (χ2n) is 5.28. The lowest BCUT2D eigenvalue weighted by Crippen LogP contribution is -2.43. The maximum absolute atomic E-state index is 12.1. The first-order valence-electron chi connectivity index (χ1n) is 7.68. The first-order chi connectivity index (χ1) is 11.7. The van der Waals surface area contributed by atoms with E-state index >= 15 is 0 Å². The average Bonchev–Trinajstić information content (AvgIpc) is 2.64. The smallest absolute Gasteiger partial charge is 0.321 e. The number of hydrogen-bond donors (Lipinski definition) is 2. The predicted molar refractivity (Wildman–Crippen MR) is 90.0 cm³/mol. The van der Waals surface area contributed by atoms with Gasteiger partial charge >= 0.3 is 6.03 Å². The number of urea groups is 1. The number of hydrogen-bond acceptors (Lipinski definition) is 4. The number of nitrogens with one attached hydrogen (secondary N) is 2. The molecule has 0 aliphatic carbocycles. The van der Waals surface area contributed by atoms with Crippen molar-refractivity contribution in [2.45, 2.75) is 0 Å². The van der Waals surface area contributed by atoms with E-state index in [-0.39, 0.29) is 11.9 Å². The largest absolute Gasteiger partial charge is 0.378 e. The highest BCUT2D eigenvalue weighted by Gasteiger charge is 2.16. The summed E-state index contributed by atoms with van der Waals surface area (Å²) in [5.41, 5.74) is 1.13. The maximum Gasteiger partial charge on any atom is 0.321 e. The Morgan fingerprint density at radius 3 is 2.42 bits per heavy atom. The van der Waals surface area contributed by atoms with Crippen molar-refractivity contribution in [3.05, 3.63) is 54.2 Å². The molecule has 24 heavy (non-hydrogen) atoms. The quantitative estimate of drug-likeness (QED) is 0.906. The van der Waals surface area contributed by atoms with Crippen LogP contribution in [-0.2, 0) is 4.74 Å². The summed E-state index contributed by atoms with van der Waals surface area (Å²) in [5, 5.41) is 5.53. The number of benzene rings is 1. The van der Waals surface area contributed by atoms with E-state index < -0.39 is 0 Å². The molecule has 0 bridgehead atoms. The Morgan fingerprint density at radius 1 is 1.00 bits per heavy atom. The normalized spacial score (nSPS) is 14.1. The van der Waals surface area contributed by atoms with Crippen molar-refractivity contribution in [1.29, 1.82) is 0 Å². The second-order valence-corrected chi connectivity index (χ2v) is 5.28. The summed E-state index contributed by atoms with van der Waals surface area (Å²) in [6.45, 7) is 2.27. The van der Waals surface area contributed by atoms with Gasteiger partial charge in [0.15, 0.2) is 0 Å². The number of amides is 3. The molecule has 2 N–H and O–H groups in total. The highest BCUT2D eigenvalue weighted by atomic mass is 16.5. The molecule has 1 aromatic carbocycles. The van der Waals surface area contributed by atoms with Crippen LogP contribution < -0.4 is 10.6 Å². The van der Waals surface area contributed by atoms with E-state index in [1.165, 1.54) is 0 Å². The Balaban J connectivity index is 1.58. The fourth-order valence-corrected chi connectivity index (χ4v) is 2.30. The number of ether oxygens (including phenoxy) is 1. The van der Waals surface area contributed by atoms with Crippen molar-refractivity contribution < 1.29 is 14.3 Å². The average molecular weight is 326 g/mol. The van der Waals surface area contributed by atoms with Crippen molar-refractivity contribution >= 4 is 23.4 Å². The summed E-state index contributed by atoms with van der Waals surface area (Å²) in [6.07, 6.45) is 1.61. The number of anilines is 2. The minimum atomic E-state index is -0.250. The van der Waals surface area contributed by atoms with E-state index in [0.29, 0.717) is 43.4 Å². The SMILES string of the molecule is O=C(Nc1ccccn1)c1ccc(NC(=O)N2CCOCC2)cc1. The van der Waals surface area contributed by atoms with Gasteiger partial charge < -0.3 is 20.3 Å². The lowest BCUT2D eigenvalue weighted by molar-refractivity contribution is 0.0564. The van der Waals surface area contributed by atoms with Crippen LogP contribution in [-0.4, -0.2) is 48.1 Å². The number of pyridine rings is 1. The number of nitrogens with zero attached hydrogens (tertiary/aromatic N) is 2. The molecule has 0 unspecified atom stereocenters. The summed E-state index contributed by atoms with van der Waals surface area (Å²) in [7, 11) is 0. The van der Waals surface area contributed by atoms with E-state index in [1.807, 2.05) is 0 Å². The van der Waals surface area contributed by atoms with Gasteiger partial charge in [-0.2, -0.15) is 0 Å². The van der Waals surface area contributed by atoms with Crippen molar-refractivity contribution in [3.63, 3.8) is 0 Å². The maximum atomic E-state index is 12.1. The van der Waals surface area contributed by atoms with E-state index in [4.69, 9.17) is 4.74 Å². The van der Waals surface area contributed by atoms with Crippen LogP contribution in [0.2, 0.25) is 0 Å². The molecule has 2 heterocycles. The summed E-state index contributed by atoms with van der Waals surface area (Å²) >= 11 is 0. The summed E-state index contributed by atoms with van der Waals surface area (Å²) in [4.78, 5) is 30.0. The van der Waals surface area contributed by atoms with Crippen molar-refractivity contribution in [3.8, 4) is 0 Å². The second kappa shape index (κ2) is 7.56. The molecule has 1 aliphatic rings. The third-order valence-corrected chi connectivity index (χ3v) is 3.60. The molecule has 1 aromatic heterocycles. The topological polar surface area (TPSA) is 83.6 Å². The van der Waals surface area contributed by atoms with E-state index in [1.54, 1.807) is 53.6 Å². The Kier molecular flexibility index (Phi) is 5.02. The third kappa shape index (κ3) is 4.08. The van der Waals surface area contributed by atoms with Crippen LogP contribution in [0.5, 0.6) is 0 Å². The molecule has 1 aliphatic heterocycles. The molecular weight excluding hydrogens is 308 g/mol. The van der Waals surface area contributed by atoms with Gasteiger partial charge in [-0.05, 0) is 36.4 Å². The van der Waals surface area contributed by atoms with Crippen molar-refractivity contribution in [2.24, 2.45) is 0 Å². The molecule has 124 valence electrons. The summed E-state index contributed by atoms with van der Waals surface area (Å²) < 4.78 is 5.22. The van der Waals surface area contributed by atoms with Gasteiger partial charge in [0.25, 0.3) is 5.91 Å². The molecule has 0 saturated carbocycles. The van der Waals surface area contributed by atoms with E-state index in [0.717, 1.165) is 0 Å². The van der Waals surface area contributed by atoms with Gasteiger partial charge in [0, 0.05) is 30.5 Å². The number of aromatic nitrogens is 1. The van der Waals surface area contributed by atoms with Crippen LogP contribution in [0.15, 0.2) is 48.7 Å². The molecule has 0 spiro atoms. The molecule has 7 heteroatoms. The molecule has 0 atom stereocenters. The fourth-order valence-electron chi connectivity index (χ4n) is 2.30. The molecule has 7 nitrogen and oxygen atoms in total. The molecule has 1 fully saturated rings. The molecule has 0 radical (unpaired) electrons. The Morgan fingerprint density at radius 2 is 1.75 bits per heavy atom. The van der Waals surface area contributed by atoms with Crippen LogP contribution in [0.3, 0.4) is 0 Å². The highest BCUT2D eigenvalue weighted by molar-refractivity contribution is 6.04. The zero-order valence-electron chi connectivity index (χ0n) is 13.1. The first kappa shape index (κ1) is 15.9. The zero-order valence-corrected chi connectivity index (χ0v) is 13.1. The number of morpholine rings is 1. The van der Waals surface area contributed by atoms with Crippen LogP contribution in [0.25, 0.3) is 0 Å². The lowest BCUT2D eigenvalue weighted by Gasteiger charge is -2.26. The summed E-state index contributed by atoms with van der Waals surface area (Å²) in [6, 6.07) is 11.9. The van der Waals surface area contributed by atoms with E-state index in [2.05, 4.69) is 15.6 Å². The van der Waals surface area contributed by atoms with Gasteiger partial charge in [-0.15, -0.1) is 0 Å². The fraction of sp³-hybridized carbons (Fsp3) is 0.235. The molecule has 2 aromatic rings. The first-order valence-corrected chi connectivity index (χ1v) is 7.68. The highest BCUT2D eigenvalue weighted by Crippen LogP contribution is 2.12. The predicted octanol–water partition coefficient (Wildman–Crippen LogP) is 2.20. The van der Waals surface area contributed by atoms with Crippen LogP contribution in [0, 0.1) is 0 Å². The van der Waals surface area contributed by atoms with Crippen molar-refractivity contribution in [1.82, 2.24) is 9.88 Å². The molecule has 3 rings (SSSR count). The van der Waals surface area contributed by atoms with Gasteiger partial charge in [0.1, 0.15) is 5.82 Å². The Hall–Kier alpha value is -2.93. The van der Waals surface area contributed by atoms with Crippen LogP contribution in [0.4, 0.5) is 16.3 Å². The van der Waals surface area contributed by atoms with Crippen LogP contribution in [0.1, 0.15) is 10.4 Å². The monoisotopic (exact) mass is 326 g/mol. The van der Waals surface area contributed by atoms with E-state index in [9.17, 15) is 9.59 Å².